The maximum atomic E-state index is 13.5. The average molecular weight is 531 g/mol. The first-order chi connectivity index (χ1) is 18.2. The molecule has 2 amide bonds. The number of hydrogen-bond donors (Lipinski definition) is 3. The van der Waals surface area contributed by atoms with Crippen molar-refractivity contribution in [2.75, 3.05) is 41.4 Å². The Morgan fingerprint density at radius 3 is 2.84 bits per heavy atom. The summed E-state index contributed by atoms with van der Waals surface area (Å²) in [6.07, 6.45) is -3.12. The molecule has 4 heterocycles. The van der Waals surface area contributed by atoms with Crippen molar-refractivity contribution in [1.82, 2.24) is 15.0 Å². The molecule has 1 saturated heterocycles. The van der Waals surface area contributed by atoms with Crippen molar-refractivity contribution in [2.45, 2.75) is 31.2 Å². The highest BCUT2D eigenvalue weighted by atomic mass is 19.4. The van der Waals surface area contributed by atoms with Gasteiger partial charge in [0.2, 0.25) is 0 Å². The van der Waals surface area contributed by atoms with E-state index in [0.717, 1.165) is 24.4 Å². The second kappa shape index (κ2) is 10.4. The van der Waals surface area contributed by atoms with Crippen molar-refractivity contribution >= 4 is 23.4 Å². The number of hydrogen-bond acceptors (Lipinski definition) is 8. The third-order valence-corrected chi connectivity index (χ3v) is 6.42. The van der Waals surface area contributed by atoms with E-state index in [4.69, 9.17) is 9.84 Å². The number of carbonyl (C=O) groups excluding carboxylic acids is 1. The maximum Gasteiger partial charge on any atom is 0.416 e. The number of amides is 2. The van der Waals surface area contributed by atoms with Crippen molar-refractivity contribution in [1.29, 1.82) is 0 Å². The topological polar surface area (TPSA) is 124 Å². The van der Waals surface area contributed by atoms with Crippen LogP contribution in [0.2, 0.25) is 0 Å². The van der Waals surface area contributed by atoms with Crippen LogP contribution < -0.4 is 19.9 Å². The van der Waals surface area contributed by atoms with Crippen LogP contribution in [-0.4, -0.2) is 69.6 Å². The number of nitrogens with one attached hydrogen (secondary N) is 1. The SMILES string of the molecule is O=C(Nc1ccnc(OCC[C@@H](O)CO)n1)N1c2nc(-c3cccc(C(F)(F)F)c3)ccc2N2CCC1C2. The summed E-state index contributed by atoms with van der Waals surface area (Å²) in [5, 5.41) is 21.1. The van der Waals surface area contributed by atoms with Crippen LogP contribution in [0.15, 0.2) is 48.7 Å². The van der Waals surface area contributed by atoms with Gasteiger partial charge in [0.05, 0.1) is 42.3 Å². The normalized spacial score (nSPS) is 17.2. The fraction of sp³-hybridized carbons (Fsp3) is 0.360. The Balaban J connectivity index is 1.39. The van der Waals surface area contributed by atoms with Crippen LogP contribution in [0.1, 0.15) is 18.4 Å². The van der Waals surface area contributed by atoms with Gasteiger partial charge in [-0.25, -0.2) is 14.8 Å². The molecule has 3 N–H and O–H groups in total. The van der Waals surface area contributed by atoms with Crippen LogP contribution in [-0.2, 0) is 6.18 Å². The second-order valence-electron chi connectivity index (χ2n) is 9.00. The van der Waals surface area contributed by atoms with Gasteiger partial charge in [-0.3, -0.25) is 10.2 Å². The van der Waals surface area contributed by atoms with E-state index in [0.29, 0.717) is 30.0 Å². The Morgan fingerprint density at radius 1 is 1.21 bits per heavy atom. The largest absolute Gasteiger partial charge is 0.463 e. The third-order valence-electron chi connectivity index (χ3n) is 6.42. The lowest BCUT2D eigenvalue weighted by Gasteiger charge is -2.35. The van der Waals surface area contributed by atoms with Gasteiger partial charge >= 0.3 is 18.2 Å². The molecule has 2 aliphatic heterocycles. The number of fused-ring (bicyclic) bond motifs is 4. The van der Waals surface area contributed by atoms with E-state index in [1.54, 1.807) is 18.2 Å². The van der Waals surface area contributed by atoms with Gasteiger partial charge in [0.25, 0.3) is 0 Å². The number of benzene rings is 1. The van der Waals surface area contributed by atoms with Gasteiger partial charge in [0, 0.05) is 31.3 Å². The molecule has 2 aromatic heterocycles. The highest BCUT2D eigenvalue weighted by Gasteiger charge is 2.40. The van der Waals surface area contributed by atoms with Crippen LogP contribution in [0, 0.1) is 0 Å². The van der Waals surface area contributed by atoms with Gasteiger partial charge in [-0.2, -0.15) is 18.2 Å². The Morgan fingerprint density at radius 2 is 2.05 bits per heavy atom. The summed E-state index contributed by atoms with van der Waals surface area (Å²) in [7, 11) is 0. The van der Waals surface area contributed by atoms with Crippen LogP contribution >= 0.6 is 0 Å². The lowest BCUT2D eigenvalue weighted by atomic mass is 10.1. The molecule has 0 spiro atoms. The van der Waals surface area contributed by atoms with Crippen molar-refractivity contribution < 1.29 is 32.9 Å². The van der Waals surface area contributed by atoms with Crippen LogP contribution in [0.4, 0.5) is 35.3 Å². The minimum absolute atomic E-state index is 0.0102. The lowest BCUT2D eigenvalue weighted by Crippen LogP contribution is -2.48. The predicted molar refractivity (Wildman–Crippen MR) is 132 cm³/mol. The summed E-state index contributed by atoms with van der Waals surface area (Å²) in [6, 6.07) is 9.17. The first-order valence-corrected chi connectivity index (χ1v) is 12.0. The number of anilines is 3. The molecule has 200 valence electrons. The highest BCUT2D eigenvalue weighted by Crippen LogP contribution is 2.41. The van der Waals surface area contributed by atoms with E-state index in [2.05, 4.69) is 25.2 Å². The first kappa shape index (κ1) is 25.7. The first-order valence-electron chi connectivity index (χ1n) is 12.0. The molecular weight excluding hydrogens is 505 g/mol. The molecule has 1 unspecified atom stereocenters. The van der Waals surface area contributed by atoms with Gasteiger partial charge in [0.15, 0.2) is 5.82 Å². The number of alkyl halides is 3. The number of urea groups is 1. The zero-order valence-corrected chi connectivity index (χ0v) is 20.1. The fourth-order valence-corrected chi connectivity index (χ4v) is 4.51. The van der Waals surface area contributed by atoms with Crippen LogP contribution in [0.3, 0.4) is 0 Å². The number of halogens is 3. The summed E-state index contributed by atoms with van der Waals surface area (Å²) >= 11 is 0. The Kier molecular flexibility index (Phi) is 7.04. The number of carbonyl (C=O) groups is 1. The van der Waals surface area contributed by atoms with Gasteiger partial charge in [-0.15, -0.1) is 0 Å². The fourth-order valence-electron chi connectivity index (χ4n) is 4.51. The van der Waals surface area contributed by atoms with Crippen LogP contribution in [0.25, 0.3) is 11.3 Å². The number of aliphatic hydroxyl groups is 2. The minimum atomic E-state index is -4.49. The van der Waals surface area contributed by atoms with Gasteiger partial charge < -0.3 is 19.8 Å². The van der Waals surface area contributed by atoms with Crippen molar-refractivity contribution in [3.8, 4) is 17.3 Å². The molecular formula is C25H25F3N6O4. The van der Waals surface area contributed by atoms with E-state index in [9.17, 15) is 23.1 Å². The maximum absolute atomic E-state index is 13.5. The number of nitrogens with zero attached hydrogens (tertiary/aromatic N) is 5. The van der Waals surface area contributed by atoms with E-state index < -0.39 is 23.9 Å². The zero-order valence-electron chi connectivity index (χ0n) is 20.1. The van der Waals surface area contributed by atoms with Crippen molar-refractivity contribution in [3.63, 3.8) is 0 Å². The number of rotatable bonds is 7. The Bertz CT molecular complexity index is 1320. The molecule has 1 fully saturated rings. The van der Waals surface area contributed by atoms with Crippen molar-refractivity contribution in [2.24, 2.45) is 0 Å². The molecule has 0 aliphatic carbocycles. The van der Waals surface area contributed by atoms with Gasteiger partial charge in [-0.1, -0.05) is 12.1 Å². The summed E-state index contributed by atoms with van der Waals surface area (Å²) < 4.78 is 45.2. The predicted octanol–water partition coefficient (Wildman–Crippen LogP) is 3.31. The molecule has 13 heteroatoms. The number of aromatic nitrogens is 3. The molecule has 10 nitrogen and oxygen atoms in total. The summed E-state index contributed by atoms with van der Waals surface area (Å²) in [5.41, 5.74) is 0.553. The monoisotopic (exact) mass is 530 g/mol. The molecule has 1 aromatic carbocycles. The summed E-state index contributed by atoms with van der Waals surface area (Å²) in [5.74, 6) is 0.536. The minimum Gasteiger partial charge on any atom is -0.463 e. The standard InChI is InChI=1S/C25H25F3N6O4/c26-25(27,28)16-3-1-2-15(12-16)19-4-5-20-22(30-19)34(17-7-10-33(20)13-17)24(37)32-21-6-9-29-23(31-21)38-11-8-18(36)14-35/h1-6,9,12,17-18,35-36H,7-8,10-11,13-14H2,(H,29,31,32,37)/t17?,18-/m1/s1. The van der Waals surface area contributed by atoms with Gasteiger partial charge in [-0.05, 0) is 36.8 Å². The Labute approximate surface area is 215 Å². The van der Waals surface area contributed by atoms with E-state index in [1.807, 2.05) is 0 Å². The summed E-state index contributed by atoms with van der Waals surface area (Å²) in [4.78, 5) is 29.9. The average Bonchev–Trinajstić information content (AvgIpc) is 3.32. The molecule has 5 rings (SSSR count). The highest BCUT2D eigenvalue weighted by molar-refractivity contribution is 6.04. The van der Waals surface area contributed by atoms with E-state index >= 15 is 0 Å². The van der Waals surface area contributed by atoms with Crippen molar-refractivity contribution in [3.05, 3.63) is 54.2 Å². The number of aliphatic hydroxyl groups excluding tert-OH is 2. The molecule has 3 aromatic rings. The number of pyridine rings is 1. The van der Waals surface area contributed by atoms with Gasteiger partial charge in [0.1, 0.15) is 5.82 Å². The third kappa shape index (κ3) is 5.34. The molecule has 2 atom stereocenters. The van der Waals surface area contributed by atoms with Crippen LogP contribution in [0.5, 0.6) is 6.01 Å². The zero-order chi connectivity index (χ0) is 26.9. The Hall–Kier alpha value is -3.97. The second-order valence-corrected chi connectivity index (χ2v) is 9.00. The molecule has 0 saturated carbocycles. The van der Waals surface area contributed by atoms with E-state index in [1.165, 1.54) is 23.2 Å². The smallest absolute Gasteiger partial charge is 0.416 e. The number of ether oxygens (including phenoxy) is 1. The summed E-state index contributed by atoms with van der Waals surface area (Å²) in [6.45, 7) is 1.01. The quantitative estimate of drug-likeness (QED) is 0.425. The molecule has 0 radical (unpaired) electrons. The molecule has 38 heavy (non-hydrogen) atoms. The molecule has 2 aliphatic rings. The van der Waals surface area contributed by atoms with E-state index in [-0.39, 0.29) is 37.5 Å². The lowest BCUT2D eigenvalue weighted by molar-refractivity contribution is -0.137. The molecule has 2 bridgehead atoms.